The van der Waals surface area contributed by atoms with Gasteiger partial charge in [0.25, 0.3) is 0 Å². The summed E-state index contributed by atoms with van der Waals surface area (Å²) in [7, 11) is -2.35. The first kappa shape index (κ1) is 15.4. The highest BCUT2D eigenvalue weighted by Gasteiger charge is 2.25. The molecule has 20 heavy (non-hydrogen) atoms. The van der Waals surface area contributed by atoms with Crippen molar-refractivity contribution in [2.75, 3.05) is 7.05 Å². The van der Waals surface area contributed by atoms with Crippen molar-refractivity contribution >= 4 is 33.0 Å². The Morgan fingerprint density at radius 1 is 1.45 bits per heavy atom. The van der Waals surface area contributed by atoms with Crippen molar-refractivity contribution in [1.82, 2.24) is 9.29 Å². The molecule has 0 amide bonds. The summed E-state index contributed by atoms with van der Waals surface area (Å²) in [5.41, 5.74) is 2.51. The summed E-state index contributed by atoms with van der Waals surface area (Å²) in [6.07, 6.45) is 0. The molecule has 0 aliphatic carbocycles. The standard InChI is InChI=1S/C12H12ClFN2O2S2/c1-8-3-12(10(13)4-11(8)14)20(17,18)16(2)5-9-6-19-7-15-9/h3-4,6-7H,5H2,1-2H3. The SMILES string of the molecule is Cc1cc(S(=O)(=O)N(C)Cc2cscn2)c(Cl)cc1F. The summed E-state index contributed by atoms with van der Waals surface area (Å²) in [6, 6.07) is 2.25. The predicted octanol–water partition coefficient (Wildman–Crippen LogP) is 3.06. The minimum Gasteiger partial charge on any atom is -0.248 e. The number of hydrogen-bond acceptors (Lipinski definition) is 4. The molecule has 2 aromatic rings. The highest BCUT2D eigenvalue weighted by molar-refractivity contribution is 7.89. The van der Waals surface area contributed by atoms with Gasteiger partial charge >= 0.3 is 0 Å². The Balaban J connectivity index is 2.37. The molecule has 1 aromatic carbocycles. The van der Waals surface area contributed by atoms with Crippen LogP contribution in [0.15, 0.2) is 27.9 Å². The number of halogens is 2. The van der Waals surface area contributed by atoms with Gasteiger partial charge in [-0.2, -0.15) is 4.31 Å². The maximum Gasteiger partial charge on any atom is 0.244 e. The molecule has 1 heterocycles. The maximum absolute atomic E-state index is 13.4. The first-order valence-corrected chi connectivity index (χ1v) is 8.37. The largest absolute Gasteiger partial charge is 0.248 e. The first-order chi connectivity index (χ1) is 9.32. The molecule has 0 spiro atoms. The molecule has 0 atom stereocenters. The van der Waals surface area contributed by atoms with Gasteiger partial charge in [0.15, 0.2) is 0 Å². The van der Waals surface area contributed by atoms with E-state index < -0.39 is 15.8 Å². The fourth-order valence-electron chi connectivity index (χ4n) is 1.63. The molecule has 0 aliphatic heterocycles. The van der Waals surface area contributed by atoms with Crippen LogP contribution in [0.2, 0.25) is 5.02 Å². The Labute approximate surface area is 125 Å². The van der Waals surface area contributed by atoms with Gasteiger partial charge in [-0.05, 0) is 24.6 Å². The highest BCUT2D eigenvalue weighted by Crippen LogP contribution is 2.27. The molecular weight excluding hydrogens is 323 g/mol. The minimum absolute atomic E-state index is 0.101. The van der Waals surface area contributed by atoms with Gasteiger partial charge in [-0.15, -0.1) is 11.3 Å². The normalized spacial score (nSPS) is 12.1. The number of thiazole rings is 1. The molecule has 0 N–H and O–H groups in total. The summed E-state index contributed by atoms with van der Waals surface area (Å²) < 4.78 is 39.4. The number of nitrogens with zero attached hydrogens (tertiary/aromatic N) is 2. The van der Waals surface area contributed by atoms with Crippen LogP contribution in [0.25, 0.3) is 0 Å². The van der Waals surface area contributed by atoms with Gasteiger partial charge < -0.3 is 0 Å². The Kier molecular flexibility index (Phi) is 4.43. The van der Waals surface area contributed by atoms with Crippen molar-refractivity contribution in [3.8, 4) is 0 Å². The van der Waals surface area contributed by atoms with Crippen LogP contribution in [-0.4, -0.2) is 24.8 Å². The molecule has 0 saturated heterocycles. The van der Waals surface area contributed by atoms with Crippen LogP contribution in [-0.2, 0) is 16.6 Å². The van der Waals surface area contributed by atoms with Gasteiger partial charge in [-0.3, -0.25) is 0 Å². The average Bonchev–Trinajstić information content (AvgIpc) is 2.86. The molecule has 8 heteroatoms. The van der Waals surface area contributed by atoms with E-state index in [2.05, 4.69) is 4.98 Å². The smallest absolute Gasteiger partial charge is 0.244 e. The van der Waals surface area contributed by atoms with Crippen molar-refractivity contribution in [2.24, 2.45) is 0 Å². The molecule has 2 rings (SSSR count). The van der Waals surface area contributed by atoms with Crippen LogP contribution >= 0.6 is 22.9 Å². The van der Waals surface area contributed by atoms with E-state index in [9.17, 15) is 12.8 Å². The third kappa shape index (κ3) is 3.01. The number of aromatic nitrogens is 1. The Morgan fingerprint density at radius 3 is 2.75 bits per heavy atom. The summed E-state index contributed by atoms with van der Waals surface area (Å²) in [4.78, 5) is 3.94. The van der Waals surface area contributed by atoms with E-state index in [1.807, 2.05) is 0 Å². The van der Waals surface area contributed by atoms with Crippen molar-refractivity contribution in [2.45, 2.75) is 18.4 Å². The molecule has 0 saturated carbocycles. The second-order valence-electron chi connectivity index (χ2n) is 4.27. The minimum atomic E-state index is -3.79. The Hall–Kier alpha value is -1.02. The summed E-state index contributed by atoms with van der Waals surface area (Å²) in [5, 5.41) is 1.64. The van der Waals surface area contributed by atoms with E-state index in [1.54, 1.807) is 10.9 Å². The summed E-state index contributed by atoms with van der Waals surface area (Å²) in [6.45, 7) is 1.63. The van der Waals surface area contributed by atoms with Gasteiger partial charge in [-0.1, -0.05) is 11.6 Å². The van der Waals surface area contributed by atoms with Crippen LogP contribution in [0, 0.1) is 12.7 Å². The van der Waals surface area contributed by atoms with Gasteiger partial charge in [0.2, 0.25) is 10.0 Å². The quantitative estimate of drug-likeness (QED) is 0.863. The molecule has 0 unspecified atom stereocenters. The van der Waals surface area contributed by atoms with Gasteiger partial charge in [-0.25, -0.2) is 17.8 Å². The zero-order valence-corrected chi connectivity index (χ0v) is 13.2. The first-order valence-electron chi connectivity index (χ1n) is 5.61. The Bertz CT molecular complexity index is 717. The van der Waals surface area contributed by atoms with E-state index in [1.165, 1.54) is 31.4 Å². The highest BCUT2D eigenvalue weighted by atomic mass is 35.5. The lowest BCUT2D eigenvalue weighted by molar-refractivity contribution is 0.463. The van der Waals surface area contributed by atoms with E-state index >= 15 is 0 Å². The molecule has 0 fully saturated rings. The van der Waals surface area contributed by atoms with Crippen molar-refractivity contribution in [3.63, 3.8) is 0 Å². The molecular formula is C12H12ClFN2O2S2. The number of benzene rings is 1. The van der Waals surface area contributed by atoms with Crippen LogP contribution in [0.3, 0.4) is 0 Å². The second-order valence-corrected chi connectivity index (χ2v) is 7.41. The number of aryl methyl sites for hydroxylation is 1. The average molecular weight is 335 g/mol. The van der Waals surface area contributed by atoms with Crippen LogP contribution in [0.1, 0.15) is 11.3 Å². The van der Waals surface area contributed by atoms with Gasteiger partial charge in [0, 0.05) is 12.4 Å². The molecule has 0 aliphatic rings. The van der Waals surface area contributed by atoms with Crippen molar-refractivity contribution in [3.05, 3.63) is 45.1 Å². The van der Waals surface area contributed by atoms with Gasteiger partial charge in [0.1, 0.15) is 10.7 Å². The van der Waals surface area contributed by atoms with Crippen LogP contribution < -0.4 is 0 Å². The summed E-state index contributed by atoms with van der Waals surface area (Å²) >= 11 is 7.24. The molecule has 0 radical (unpaired) electrons. The summed E-state index contributed by atoms with van der Waals surface area (Å²) in [5.74, 6) is -0.531. The number of hydrogen-bond donors (Lipinski definition) is 0. The van der Waals surface area contributed by atoms with Crippen LogP contribution in [0.4, 0.5) is 4.39 Å². The monoisotopic (exact) mass is 334 g/mol. The molecule has 108 valence electrons. The lowest BCUT2D eigenvalue weighted by Crippen LogP contribution is -2.27. The number of rotatable bonds is 4. The van der Waals surface area contributed by atoms with E-state index in [0.717, 1.165) is 10.4 Å². The molecule has 1 aromatic heterocycles. The van der Waals surface area contributed by atoms with Crippen LogP contribution in [0.5, 0.6) is 0 Å². The fraction of sp³-hybridized carbons (Fsp3) is 0.250. The van der Waals surface area contributed by atoms with Gasteiger partial charge in [0.05, 0.1) is 22.8 Å². The third-order valence-electron chi connectivity index (χ3n) is 2.77. The lowest BCUT2D eigenvalue weighted by atomic mass is 10.2. The maximum atomic E-state index is 13.4. The zero-order chi connectivity index (χ0) is 14.9. The number of sulfonamides is 1. The Morgan fingerprint density at radius 2 is 2.15 bits per heavy atom. The van der Waals surface area contributed by atoms with Crippen molar-refractivity contribution in [1.29, 1.82) is 0 Å². The molecule has 0 bridgehead atoms. The molecule has 4 nitrogen and oxygen atoms in total. The van der Waals surface area contributed by atoms with E-state index in [0.29, 0.717) is 5.69 Å². The van der Waals surface area contributed by atoms with E-state index in [-0.39, 0.29) is 22.0 Å². The lowest BCUT2D eigenvalue weighted by Gasteiger charge is -2.17. The van der Waals surface area contributed by atoms with Crippen molar-refractivity contribution < 1.29 is 12.8 Å². The fourth-order valence-corrected chi connectivity index (χ4v) is 3.89. The predicted molar refractivity (Wildman–Crippen MR) is 76.9 cm³/mol. The second kappa shape index (κ2) is 5.77. The third-order valence-corrected chi connectivity index (χ3v) is 5.67. The van der Waals surface area contributed by atoms with E-state index in [4.69, 9.17) is 11.6 Å². The topological polar surface area (TPSA) is 50.3 Å². The zero-order valence-electron chi connectivity index (χ0n) is 10.8.